The van der Waals surface area contributed by atoms with Crippen LogP contribution in [0.2, 0.25) is 0 Å². The monoisotopic (exact) mass is 159 g/mol. The number of aromatic nitrogens is 2. The lowest BCUT2D eigenvalue weighted by molar-refractivity contribution is 0.301. The smallest absolute Gasteiger partial charge is 0.246 e. The highest BCUT2D eigenvalue weighted by atomic mass is 32.1. The number of rotatable bonds is 4. The van der Waals surface area contributed by atoms with Crippen molar-refractivity contribution in [1.82, 2.24) is 9.59 Å². The maximum Gasteiger partial charge on any atom is 0.246 e. The lowest BCUT2D eigenvalue weighted by Gasteiger charge is -1.97. The molecule has 10 heavy (non-hydrogen) atoms. The lowest BCUT2D eigenvalue weighted by Crippen LogP contribution is -2.06. The largest absolute Gasteiger partial charge is 0.476 e. The summed E-state index contributed by atoms with van der Waals surface area (Å²) in [6, 6.07) is 0. The molecule has 0 saturated carbocycles. The van der Waals surface area contributed by atoms with Crippen LogP contribution in [-0.2, 0) is 0 Å². The van der Waals surface area contributed by atoms with E-state index in [1.165, 1.54) is 11.5 Å². The molecule has 1 rings (SSSR count). The van der Waals surface area contributed by atoms with Gasteiger partial charge in [0.25, 0.3) is 0 Å². The van der Waals surface area contributed by atoms with E-state index < -0.39 is 0 Å². The molecule has 0 aliphatic heterocycles. The van der Waals surface area contributed by atoms with Crippen LogP contribution in [0, 0.1) is 0 Å². The van der Waals surface area contributed by atoms with Gasteiger partial charge in [-0.25, -0.2) is 0 Å². The third-order valence-corrected chi connectivity index (χ3v) is 1.42. The van der Waals surface area contributed by atoms with Crippen molar-refractivity contribution >= 4 is 11.5 Å². The Morgan fingerprint density at radius 2 is 2.60 bits per heavy atom. The average Bonchev–Trinajstić information content (AvgIpc) is 2.41. The minimum Gasteiger partial charge on any atom is -0.476 e. The van der Waals surface area contributed by atoms with Crippen molar-refractivity contribution in [3.63, 3.8) is 0 Å². The van der Waals surface area contributed by atoms with Crippen molar-refractivity contribution in [3.8, 4) is 5.88 Å². The third-order valence-electron chi connectivity index (χ3n) is 0.938. The molecular formula is C5H9N3OS. The first-order chi connectivity index (χ1) is 4.93. The van der Waals surface area contributed by atoms with Crippen molar-refractivity contribution in [1.29, 1.82) is 0 Å². The molecule has 0 unspecified atom stereocenters. The zero-order chi connectivity index (χ0) is 7.23. The fourth-order valence-electron chi connectivity index (χ4n) is 0.479. The number of nitrogens with zero attached hydrogens (tertiary/aromatic N) is 2. The topological polar surface area (TPSA) is 61.0 Å². The van der Waals surface area contributed by atoms with Crippen molar-refractivity contribution in [2.45, 2.75) is 6.42 Å². The van der Waals surface area contributed by atoms with Gasteiger partial charge in [0.2, 0.25) is 5.88 Å². The number of ether oxygens (including phenoxy) is 1. The zero-order valence-electron chi connectivity index (χ0n) is 5.49. The van der Waals surface area contributed by atoms with Crippen LogP contribution in [0.3, 0.4) is 0 Å². The highest BCUT2D eigenvalue weighted by molar-refractivity contribution is 7.03. The summed E-state index contributed by atoms with van der Waals surface area (Å²) in [5.74, 6) is 0.596. The van der Waals surface area contributed by atoms with E-state index in [-0.39, 0.29) is 0 Å². The molecular weight excluding hydrogens is 150 g/mol. The SMILES string of the molecule is NCCCOc1csnn1. The molecule has 2 N–H and O–H groups in total. The standard InChI is InChI=1S/C5H9N3OS/c6-2-1-3-9-5-4-10-8-7-5/h4H,1-3,6H2. The van der Waals surface area contributed by atoms with Gasteiger partial charge in [-0.2, -0.15) is 0 Å². The Labute approximate surface area is 63.2 Å². The molecule has 0 spiro atoms. The molecule has 1 heterocycles. The van der Waals surface area contributed by atoms with Gasteiger partial charge in [-0.15, -0.1) is 0 Å². The van der Waals surface area contributed by atoms with Crippen molar-refractivity contribution in [2.24, 2.45) is 5.73 Å². The Balaban J connectivity index is 2.15. The van der Waals surface area contributed by atoms with E-state index in [4.69, 9.17) is 10.5 Å². The summed E-state index contributed by atoms with van der Waals surface area (Å²) < 4.78 is 8.78. The molecule has 0 bridgehead atoms. The van der Waals surface area contributed by atoms with Gasteiger partial charge in [0, 0.05) is 0 Å². The van der Waals surface area contributed by atoms with Gasteiger partial charge >= 0.3 is 0 Å². The van der Waals surface area contributed by atoms with Gasteiger partial charge in [-0.05, 0) is 24.5 Å². The van der Waals surface area contributed by atoms with Crippen LogP contribution >= 0.6 is 11.5 Å². The second-order valence-electron chi connectivity index (χ2n) is 1.73. The summed E-state index contributed by atoms with van der Waals surface area (Å²) in [6.07, 6.45) is 0.859. The average molecular weight is 159 g/mol. The van der Waals surface area contributed by atoms with Gasteiger partial charge in [-0.3, -0.25) is 0 Å². The van der Waals surface area contributed by atoms with E-state index in [2.05, 4.69) is 9.59 Å². The quantitative estimate of drug-likeness (QED) is 0.640. The van der Waals surface area contributed by atoms with E-state index in [9.17, 15) is 0 Å². The summed E-state index contributed by atoms with van der Waals surface area (Å²) in [7, 11) is 0. The first kappa shape index (κ1) is 7.43. The predicted molar refractivity (Wildman–Crippen MR) is 39.1 cm³/mol. The summed E-state index contributed by atoms with van der Waals surface area (Å²) in [5, 5.41) is 5.45. The van der Waals surface area contributed by atoms with E-state index >= 15 is 0 Å². The van der Waals surface area contributed by atoms with Crippen LogP contribution in [0.25, 0.3) is 0 Å². The lowest BCUT2D eigenvalue weighted by atomic mass is 10.5. The molecule has 1 aromatic heterocycles. The molecule has 0 atom stereocenters. The van der Waals surface area contributed by atoms with Gasteiger partial charge in [0.15, 0.2) is 0 Å². The fraction of sp³-hybridized carbons (Fsp3) is 0.600. The van der Waals surface area contributed by atoms with Gasteiger partial charge < -0.3 is 10.5 Å². The Morgan fingerprint density at radius 1 is 1.70 bits per heavy atom. The van der Waals surface area contributed by atoms with Crippen LogP contribution in [0.5, 0.6) is 5.88 Å². The second kappa shape index (κ2) is 4.19. The Morgan fingerprint density at radius 3 is 3.20 bits per heavy atom. The van der Waals surface area contributed by atoms with Crippen LogP contribution in [0.1, 0.15) is 6.42 Å². The molecule has 0 saturated heterocycles. The first-order valence-electron chi connectivity index (χ1n) is 3.03. The molecule has 5 heteroatoms. The number of nitrogens with two attached hydrogens (primary N) is 1. The fourth-order valence-corrected chi connectivity index (χ4v) is 0.859. The maximum atomic E-state index is 5.25. The van der Waals surface area contributed by atoms with Crippen molar-refractivity contribution < 1.29 is 4.74 Å². The molecule has 1 aromatic rings. The van der Waals surface area contributed by atoms with Gasteiger partial charge in [-0.1, -0.05) is 9.59 Å². The summed E-state index contributed by atoms with van der Waals surface area (Å²) in [4.78, 5) is 0. The van der Waals surface area contributed by atoms with Gasteiger partial charge in [0.1, 0.15) is 0 Å². The Bertz CT molecular complexity index is 165. The first-order valence-corrected chi connectivity index (χ1v) is 3.87. The molecule has 0 aliphatic rings. The summed E-state index contributed by atoms with van der Waals surface area (Å²) >= 11 is 1.28. The molecule has 56 valence electrons. The van der Waals surface area contributed by atoms with E-state index in [1.807, 2.05) is 0 Å². The number of hydrogen-bond donors (Lipinski definition) is 1. The van der Waals surface area contributed by atoms with E-state index in [1.54, 1.807) is 5.38 Å². The van der Waals surface area contributed by atoms with Crippen LogP contribution in [0.15, 0.2) is 5.38 Å². The normalized spacial score (nSPS) is 9.70. The Kier molecular flexibility index (Phi) is 3.11. The molecule has 0 amide bonds. The predicted octanol–water partition coefficient (Wildman–Crippen LogP) is 0.266. The number of hydrogen-bond acceptors (Lipinski definition) is 5. The molecule has 4 nitrogen and oxygen atoms in total. The molecule has 0 aromatic carbocycles. The van der Waals surface area contributed by atoms with Crippen molar-refractivity contribution in [3.05, 3.63) is 5.38 Å². The minimum absolute atomic E-state index is 0.596. The van der Waals surface area contributed by atoms with Crippen LogP contribution in [0.4, 0.5) is 0 Å². The van der Waals surface area contributed by atoms with E-state index in [0.29, 0.717) is 19.0 Å². The zero-order valence-corrected chi connectivity index (χ0v) is 6.30. The molecule has 0 fully saturated rings. The van der Waals surface area contributed by atoms with Crippen LogP contribution in [-0.4, -0.2) is 22.7 Å². The maximum absolute atomic E-state index is 5.25. The molecule has 0 aliphatic carbocycles. The van der Waals surface area contributed by atoms with Gasteiger partial charge in [0.05, 0.1) is 12.0 Å². The minimum atomic E-state index is 0.596. The summed E-state index contributed by atoms with van der Waals surface area (Å²) in [5.41, 5.74) is 5.25. The van der Waals surface area contributed by atoms with Crippen molar-refractivity contribution in [2.75, 3.05) is 13.2 Å². The highest BCUT2D eigenvalue weighted by Crippen LogP contribution is 2.05. The summed E-state index contributed by atoms with van der Waals surface area (Å²) in [6.45, 7) is 1.28. The third kappa shape index (κ3) is 2.28. The Hall–Kier alpha value is -0.680. The van der Waals surface area contributed by atoms with Crippen LogP contribution < -0.4 is 10.5 Å². The second-order valence-corrected chi connectivity index (χ2v) is 2.34. The molecule has 0 radical (unpaired) electrons. The van der Waals surface area contributed by atoms with E-state index in [0.717, 1.165) is 6.42 Å². The highest BCUT2D eigenvalue weighted by Gasteiger charge is 1.93.